The predicted octanol–water partition coefficient (Wildman–Crippen LogP) is 0.770. The molecule has 3 nitrogen and oxygen atoms in total. The molecule has 1 heterocycles. The van der Waals surface area contributed by atoms with E-state index in [-0.39, 0.29) is 5.91 Å². The van der Waals surface area contributed by atoms with Crippen LogP contribution in [0, 0.1) is 0 Å². The van der Waals surface area contributed by atoms with Crippen molar-refractivity contribution in [2.45, 2.75) is 38.7 Å². The molecule has 1 atom stereocenters. The van der Waals surface area contributed by atoms with Gasteiger partial charge < -0.3 is 10.0 Å². The Kier molecular flexibility index (Phi) is 3.53. The molecule has 1 aliphatic rings. The van der Waals surface area contributed by atoms with E-state index < -0.39 is 6.10 Å². The van der Waals surface area contributed by atoms with Gasteiger partial charge in [0.25, 0.3) is 0 Å². The number of amides is 1. The molecule has 0 aliphatic carbocycles. The predicted molar refractivity (Wildman–Crippen MR) is 46.7 cm³/mol. The Morgan fingerprint density at radius 1 is 1.50 bits per heavy atom. The summed E-state index contributed by atoms with van der Waals surface area (Å²) in [5.74, 6) is 0.202. The van der Waals surface area contributed by atoms with Crippen LogP contribution in [0.25, 0.3) is 0 Å². The summed E-state index contributed by atoms with van der Waals surface area (Å²) in [5.41, 5.74) is 0. The maximum Gasteiger partial charge on any atom is 0.222 e. The molecule has 0 aromatic carbocycles. The van der Waals surface area contributed by atoms with E-state index in [0.717, 1.165) is 25.8 Å². The largest absolute Gasteiger partial charge is 0.392 e. The van der Waals surface area contributed by atoms with Gasteiger partial charge in [0.15, 0.2) is 0 Å². The molecule has 1 saturated heterocycles. The molecule has 1 aliphatic heterocycles. The number of hydrogen-bond donors (Lipinski definition) is 1. The zero-order chi connectivity index (χ0) is 8.97. The van der Waals surface area contributed by atoms with Gasteiger partial charge in [0.2, 0.25) is 5.91 Å². The number of likely N-dealkylation sites (tertiary alicyclic amines) is 1. The van der Waals surface area contributed by atoms with Crippen molar-refractivity contribution < 1.29 is 9.90 Å². The van der Waals surface area contributed by atoms with Crippen molar-refractivity contribution in [3.8, 4) is 0 Å². The van der Waals surface area contributed by atoms with Crippen molar-refractivity contribution in [3.05, 3.63) is 0 Å². The van der Waals surface area contributed by atoms with Gasteiger partial charge >= 0.3 is 0 Å². The first kappa shape index (κ1) is 9.52. The van der Waals surface area contributed by atoms with Gasteiger partial charge in [-0.3, -0.25) is 4.79 Å². The molecule has 0 radical (unpaired) electrons. The highest BCUT2D eigenvalue weighted by Gasteiger charge is 2.17. The minimum atomic E-state index is -0.396. The zero-order valence-electron chi connectivity index (χ0n) is 7.62. The molecule has 1 rings (SSSR count). The highest BCUT2D eigenvalue weighted by molar-refractivity contribution is 5.76. The van der Waals surface area contributed by atoms with Crippen LogP contribution in [0.3, 0.4) is 0 Å². The van der Waals surface area contributed by atoms with Gasteiger partial charge in [-0.25, -0.2) is 0 Å². The van der Waals surface area contributed by atoms with Crippen LogP contribution in [-0.4, -0.2) is 35.1 Å². The van der Waals surface area contributed by atoms with Crippen LogP contribution in [0.2, 0.25) is 0 Å². The molecular weight excluding hydrogens is 154 g/mol. The fraction of sp³-hybridized carbons (Fsp3) is 0.889. The Labute approximate surface area is 73.4 Å². The minimum absolute atomic E-state index is 0.202. The van der Waals surface area contributed by atoms with E-state index >= 15 is 0 Å². The maximum atomic E-state index is 11.4. The number of carbonyl (C=O) groups excluding carboxylic acids is 1. The molecule has 1 amide bonds. The molecule has 0 aromatic rings. The Balaban J connectivity index is 2.42. The van der Waals surface area contributed by atoms with Crippen LogP contribution in [0.5, 0.6) is 0 Å². The van der Waals surface area contributed by atoms with Crippen LogP contribution < -0.4 is 0 Å². The summed E-state index contributed by atoms with van der Waals surface area (Å²) in [6.07, 6.45) is 3.49. The molecule has 1 fully saturated rings. The lowest BCUT2D eigenvalue weighted by Gasteiger charge is -2.21. The van der Waals surface area contributed by atoms with Crippen LogP contribution in [-0.2, 0) is 4.79 Å². The van der Waals surface area contributed by atoms with Gasteiger partial charge in [0.05, 0.1) is 6.10 Å². The van der Waals surface area contributed by atoms with Gasteiger partial charge in [-0.2, -0.15) is 0 Å². The Morgan fingerprint density at radius 2 is 2.25 bits per heavy atom. The van der Waals surface area contributed by atoms with E-state index in [1.807, 2.05) is 0 Å². The molecule has 1 N–H and O–H groups in total. The van der Waals surface area contributed by atoms with Crippen LogP contribution in [0.4, 0.5) is 0 Å². The van der Waals surface area contributed by atoms with E-state index in [1.54, 1.807) is 11.8 Å². The van der Waals surface area contributed by atoms with Crippen molar-refractivity contribution in [1.82, 2.24) is 4.90 Å². The number of aliphatic hydroxyl groups excluding tert-OH is 1. The van der Waals surface area contributed by atoms with Crippen LogP contribution in [0.1, 0.15) is 32.6 Å². The van der Waals surface area contributed by atoms with Gasteiger partial charge in [0, 0.05) is 19.5 Å². The first-order chi connectivity index (χ1) is 5.70. The van der Waals surface area contributed by atoms with Gasteiger partial charge in [-0.15, -0.1) is 0 Å². The molecule has 12 heavy (non-hydrogen) atoms. The average Bonchev–Trinajstić information content (AvgIpc) is 2.16. The monoisotopic (exact) mass is 171 g/mol. The molecular formula is C9H17NO2. The zero-order valence-corrected chi connectivity index (χ0v) is 7.62. The summed E-state index contributed by atoms with van der Waals surface area (Å²) in [7, 11) is 0. The lowest BCUT2D eigenvalue weighted by Crippen LogP contribution is -2.35. The smallest absolute Gasteiger partial charge is 0.222 e. The second kappa shape index (κ2) is 4.45. The average molecular weight is 171 g/mol. The molecule has 70 valence electrons. The molecule has 0 spiro atoms. The number of β-amino-alcohol motifs (C(OH)–C–C–N with tert-alkyl or cyclic N) is 1. The number of rotatable bonds is 2. The van der Waals surface area contributed by atoms with Crippen molar-refractivity contribution in [1.29, 1.82) is 0 Å². The summed E-state index contributed by atoms with van der Waals surface area (Å²) >= 11 is 0. The molecule has 0 unspecified atom stereocenters. The van der Waals surface area contributed by atoms with Crippen LogP contribution in [0.15, 0.2) is 0 Å². The van der Waals surface area contributed by atoms with Crippen molar-refractivity contribution in [2.24, 2.45) is 0 Å². The van der Waals surface area contributed by atoms with Crippen molar-refractivity contribution in [3.63, 3.8) is 0 Å². The number of aliphatic hydroxyl groups is 1. The first-order valence-electron chi connectivity index (χ1n) is 4.66. The fourth-order valence-corrected chi connectivity index (χ4v) is 1.55. The second-order valence-corrected chi connectivity index (χ2v) is 3.50. The normalized spacial score (nSPS) is 22.2. The van der Waals surface area contributed by atoms with E-state index in [9.17, 15) is 4.79 Å². The summed E-state index contributed by atoms with van der Waals surface area (Å²) < 4.78 is 0. The molecule has 3 heteroatoms. The van der Waals surface area contributed by atoms with Gasteiger partial charge in [0.1, 0.15) is 0 Å². The Bertz CT molecular complexity index is 157. The van der Waals surface area contributed by atoms with Crippen molar-refractivity contribution >= 4 is 5.91 Å². The summed E-state index contributed by atoms with van der Waals surface area (Å²) in [4.78, 5) is 13.1. The van der Waals surface area contributed by atoms with Crippen molar-refractivity contribution in [2.75, 3.05) is 13.1 Å². The highest BCUT2D eigenvalue weighted by atomic mass is 16.3. The maximum absolute atomic E-state index is 11.4. The van der Waals surface area contributed by atoms with Crippen LogP contribution >= 0.6 is 0 Å². The Morgan fingerprint density at radius 3 is 2.92 bits per heavy atom. The lowest BCUT2D eigenvalue weighted by molar-refractivity contribution is -0.131. The molecule has 0 bridgehead atoms. The first-order valence-corrected chi connectivity index (χ1v) is 4.66. The number of nitrogens with zero attached hydrogens (tertiary/aromatic N) is 1. The van der Waals surface area contributed by atoms with E-state index in [4.69, 9.17) is 5.11 Å². The van der Waals surface area contributed by atoms with E-state index in [1.165, 1.54) is 0 Å². The minimum Gasteiger partial charge on any atom is -0.392 e. The highest BCUT2D eigenvalue weighted by Crippen LogP contribution is 2.11. The Hall–Kier alpha value is -0.570. The standard InChI is InChI=1S/C9H17NO2/c1-8(11)7-10-6-4-2-3-5-9(10)12/h8,11H,2-7H2,1H3/t8-/m1/s1. The van der Waals surface area contributed by atoms with Gasteiger partial charge in [-0.1, -0.05) is 6.42 Å². The topological polar surface area (TPSA) is 40.5 Å². The SMILES string of the molecule is C[C@@H](O)CN1CCCCCC1=O. The van der Waals surface area contributed by atoms with E-state index in [0.29, 0.717) is 13.0 Å². The number of carbonyl (C=O) groups is 1. The van der Waals surface area contributed by atoms with Gasteiger partial charge in [-0.05, 0) is 19.8 Å². The third-order valence-electron chi connectivity index (χ3n) is 2.16. The summed E-state index contributed by atoms with van der Waals surface area (Å²) in [6.45, 7) is 3.04. The molecule has 0 aromatic heterocycles. The third-order valence-corrected chi connectivity index (χ3v) is 2.16. The lowest BCUT2D eigenvalue weighted by atomic mass is 10.2. The third kappa shape index (κ3) is 2.81. The molecule has 0 saturated carbocycles. The van der Waals surface area contributed by atoms with E-state index in [2.05, 4.69) is 0 Å². The quantitative estimate of drug-likeness (QED) is 0.666. The number of hydrogen-bond acceptors (Lipinski definition) is 2. The second-order valence-electron chi connectivity index (χ2n) is 3.50. The fourth-order valence-electron chi connectivity index (χ4n) is 1.55. The summed E-state index contributed by atoms with van der Waals surface area (Å²) in [5, 5.41) is 9.12. The summed E-state index contributed by atoms with van der Waals surface area (Å²) in [6, 6.07) is 0.